The molecule has 134 valence electrons. The molecule has 24 heavy (non-hydrogen) atoms. The molecule has 7 nitrogen and oxygen atoms in total. The van der Waals surface area contributed by atoms with Gasteiger partial charge in [0.1, 0.15) is 10.0 Å². The summed E-state index contributed by atoms with van der Waals surface area (Å²) in [6.07, 6.45) is 4.35. The van der Waals surface area contributed by atoms with Crippen LogP contribution >= 0.6 is 11.3 Å². The highest BCUT2D eigenvalue weighted by atomic mass is 32.2. The van der Waals surface area contributed by atoms with Crippen molar-refractivity contribution in [2.45, 2.75) is 38.5 Å². The lowest BCUT2D eigenvalue weighted by atomic mass is 9.93. The molecule has 0 N–H and O–H groups in total. The highest BCUT2D eigenvalue weighted by Crippen LogP contribution is 2.31. The number of aromatic nitrogens is 2. The summed E-state index contributed by atoms with van der Waals surface area (Å²) in [5.41, 5.74) is 0. The van der Waals surface area contributed by atoms with Crippen LogP contribution in [0.1, 0.15) is 41.6 Å². The molecule has 0 radical (unpaired) electrons. The summed E-state index contributed by atoms with van der Waals surface area (Å²) in [5.74, 6) is 0.561. The van der Waals surface area contributed by atoms with E-state index in [0.29, 0.717) is 31.8 Å². The number of piperidine rings is 2. The van der Waals surface area contributed by atoms with Gasteiger partial charge in [-0.15, -0.1) is 21.5 Å². The van der Waals surface area contributed by atoms with Gasteiger partial charge in [-0.2, -0.15) is 0 Å². The van der Waals surface area contributed by atoms with Crippen LogP contribution in [0.4, 0.5) is 0 Å². The normalized spacial score (nSPS) is 22.0. The second kappa shape index (κ2) is 7.05. The van der Waals surface area contributed by atoms with E-state index in [-0.39, 0.29) is 11.8 Å². The van der Waals surface area contributed by atoms with Crippen LogP contribution in [0.25, 0.3) is 0 Å². The zero-order valence-corrected chi connectivity index (χ0v) is 15.8. The smallest absolute Gasteiger partial charge is 0.225 e. The Morgan fingerprint density at radius 1 is 1.08 bits per heavy atom. The number of nitrogens with zero attached hydrogens (tertiary/aromatic N) is 4. The van der Waals surface area contributed by atoms with Crippen LogP contribution in [0.5, 0.6) is 0 Å². The molecule has 2 aliphatic heterocycles. The molecule has 0 spiro atoms. The van der Waals surface area contributed by atoms with Crippen LogP contribution in [0.15, 0.2) is 0 Å². The molecule has 0 aliphatic carbocycles. The molecule has 3 rings (SSSR count). The number of hydrogen-bond acceptors (Lipinski definition) is 6. The third kappa shape index (κ3) is 3.94. The Morgan fingerprint density at radius 2 is 1.71 bits per heavy atom. The second-order valence-electron chi connectivity index (χ2n) is 6.70. The van der Waals surface area contributed by atoms with Gasteiger partial charge in [0.05, 0.1) is 6.26 Å². The summed E-state index contributed by atoms with van der Waals surface area (Å²) in [4.78, 5) is 14.6. The van der Waals surface area contributed by atoms with E-state index < -0.39 is 10.0 Å². The fourth-order valence-electron chi connectivity index (χ4n) is 3.52. The number of hydrogen-bond donors (Lipinski definition) is 0. The molecular formula is C15H24N4O3S2. The molecular weight excluding hydrogens is 348 g/mol. The Labute approximate surface area is 147 Å². The van der Waals surface area contributed by atoms with Crippen molar-refractivity contribution in [3.8, 4) is 0 Å². The topological polar surface area (TPSA) is 83.5 Å². The average molecular weight is 373 g/mol. The first-order valence-corrected chi connectivity index (χ1v) is 11.0. The van der Waals surface area contributed by atoms with Gasteiger partial charge in [-0.1, -0.05) is 0 Å². The minimum atomic E-state index is -3.14. The molecule has 1 amide bonds. The van der Waals surface area contributed by atoms with Crippen molar-refractivity contribution >= 4 is 27.3 Å². The van der Waals surface area contributed by atoms with Crippen LogP contribution in [0, 0.1) is 12.8 Å². The van der Waals surface area contributed by atoms with Gasteiger partial charge < -0.3 is 4.90 Å². The first-order chi connectivity index (χ1) is 11.3. The zero-order valence-electron chi connectivity index (χ0n) is 14.1. The van der Waals surface area contributed by atoms with Gasteiger partial charge in [0.25, 0.3) is 0 Å². The average Bonchev–Trinajstić information content (AvgIpc) is 3.00. The first kappa shape index (κ1) is 17.8. The molecule has 0 aromatic carbocycles. The number of rotatable bonds is 3. The standard InChI is InChI=1S/C15H24N4O3S2/c1-11-16-17-14(23-11)12-3-7-18(8-4-12)15(20)13-5-9-19(10-6-13)24(2,21)22/h12-13H,3-10H2,1-2H3. The lowest BCUT2D eigenvalue weighted by Gasteiger charge is -2.36. The Hall–Kier alpha value is -1.06. The largest absolute Gasteiger partial charge is 0.342 e. The van der Waals surface area contributed by atoms with Crippen LogP contribution in [-0.4, -0.2) is 66.2 Å². The van der Waals surface area contributed by atoms with Gasteiger partial charge in [0.15, 0.2) is 0 Å². The third-order valence-corrected chi connectivity index (χ3v) is 7.27. The van der Waals surface area contributed by atoms with Gasteiger partial charge >= 0.3 is 0 Å². The summed E-state index contributed by atoms with van der Waals surface area (Å²) in [6, 6.07) is 0. The van der Waals surface area contributed by atoms with Crippen LogP contribution in [-0.2, 0) is 14.8 Å². The van der Waals surface area contributed by atoms with E-state index >= 15 is 0 Å². The maximum Gasteiger partial charge on any atom is 0.225 e. The number of carbonyl (C=O) groups excluding carboxylic acids is 1. The lowest BCUT2D eigenvalue weighted by molar-refractivity contribution is -0.137. The number of carbonyl (C=O) groups is 1. The molecule has 2 aliphatic rings. The summed E-state index contributed by atoms with van der Waals surface area (Å²) in [5, 5.41) is 10.4. The first-order valence-electron chi connectivity index (χ1n) is 8.38. The zero-order chi connectivity index (χ0) is 17.3. The molecule has 1 aromatic rings. The van der Waals surface area contributed by atoms with Crippen molar-refractivity contribution in [1.82, 2.24) is 19.4 Å². The van der Waals surface area contributed by atoms with Crippen LogP contribution in [0.2, 0.25) is 0 Å². The van der Waals surface area contributed by atoms with E-state index in [1.54, 1.807) is 11.3 Å². The van der Waals surface area contributed by atoms with Crippen molar-refractivity contribution in [3.05, 3.63) is 10.0 Å². The molecule has 1 aromatic heterocycles. The highest BCUT2D eigenvalue weighted by molar-refractivity contribution is 7.88. The summed E-state index contributed by atoms with van der Waals surface area (Å²) >= 11 is 1.65. The maximum atomic E-state index is 12.7. The van der Waals surface area contributed by atoms with E-state index in [2.05, 4.69) is 10.2 Å². The molecule has 2 saturated heterocycles. The fourth-order valence-corrected chi connectivity index (χ4v) is 5.26. The lowest BCUT2D eigenvalue weighted by Crippen LogP contribution is -2.46. The monoisotopic (exact) mass is 372 g/mol. The summed E-state index contributed by atoms with van der Waals surface area (Å²) < 4.78 is 24.6. The Morgan fingerprint density at radius 3 is 2.21 bits per heavy atom. The molecule has 3 heterocycles. The van der Waals surface area contributed by atoms with E-state index in [1.165, 1.54) is 10.6 Å². The SMILES string of the molecule is Cc1nnc(C2CCN(C(=O)C3CCN(S(C)(=O)=O)CC3)CC2)s1. The fraction of sp³-hybridized carbons (Fsp3) is 0.800. The van der Waals surface area contributed by atoms with E-state index in [0.717, 1.165) is 35.9 Å². The molecule has 0 saturated carbocycles. The number of likely N-dealkylation sites (tertiary alicyclic amines) is 1. The summed E-state index contributed by atoms with van der Waals surface area (Å²) in [6.45, 7) is 4.39. The molecule has 0 bridgehead atoms. The predicted octanol–water partition coefficient (Wildman–Crippen LogP) is 1.22. The molecule has 9 heteroatoms. The van der Waals surface area contributed by atoms with Crippen molar-refractivity contribution in [2.24, 2.45) is 5.92 Å². The van der Waals surface area contributed by atoms with Crippen molar-refractivity contribution in [2.75, 3.05) is 32.4 Å². The minimum Gasteiger partial charge on any atom is -0.342 e. The number of sulfonamides is 1. The quantitative estimate of drug-likeness (QED) is 0.797. The van der Waals surface area contributed by atoms with Crippen molar-refractivity contribution in [1.29, 1.82) is 0 Å². The number of aryl methyl sites for hydroxylation is 1. The van der Waals surface area contributed by atoms with Gasteiger partial charge in [-0.25, -0.2) is 12.7 Å². The van der Waals surface area contributed by atoms with Crippen molar-refractivity contribution in [3.63, 3.8) is 0 Å². The van der Waals surface area contributed by atoms with E-state index in [9.17, 15) is 13.2 Å². The van der Waals surface area contributed by atoms with Crippen LogP contribution in [0.3, 0.4) is 0 Å². The van der Waals surface area contributed by atoms with Gasteiger partial charge in [0, 0.05) is 38.0 Å². The Bertz CT molecular complexity index is 687. The third-order valence-electron chi connectivity index (χ3n) is 4.97. The van der Waals surface area contributed by atoms with Crippen LogP contribution < -0.4 is 0 Å². The molecule has 2 fully saturated rings. The number of amides is 1. The van der Waals surface area contributed by atoms with Crippen molar-refractivity contribution < 1.29 is 13.2 Å². The Balaban J connectivity index is 1.51. The van der Waals surface area contributed by atoms with Gasteiger partial charge in [-0.3, -0.25) is 4.79 Å². The second-order valence-corrected chi connectivity index (χ2v) is 9.89. The minimum absolute atomic E-state index is 0.0386. The molecule has 0 unspecified atom stereocenters. The van der Waals surface area contributed by atoms with E-state index in [4.69, 9.17) is 0 Å². The van der Waals surface area contributed by atoms with Gasteiger partial charge in [-0.05, 0) is 32.6 Å². The van der Waals surface area contributed by atoms with E-state index in [1.807, 2.05) is 11.8 Å². The maximum absolute atomic E-state index is 12.7. The highest BCUT2D eigenvalue weighted by Gasteiger charge is 2.33. The predicted molar refractivity (Wildman–Crippen MR) is 92.3 cm³/mol. The van der Waals surface area contributed by atoms with Gasteiger partial charge in [0.2, 0.25) is 15.9 Å². The molecule has 0 atom stereocenters. The Kier molecular flexibility index (Phi) is 5.22. The summed E-state index contributed by atoms with van der Waals surface area (Å²) in [7, 11) is -3.14.